The van der Waals surface area contributed by atoms with Gasteiger partial charge in [-0.25, -0.2) is 4.98 Å². The lowest BCUT2D eigenvalue weighted by molar-refractivity contribution is 1.05. The molecule has 5 aromatic rings. The van der Waals surface area contributed by atoms with Crippen LogP contribution in [0.15, 0.2) is 60.9 Å². The summed E-state index contributed by atoms with van der Waals surface area (Å²) in [5.41, 5.74) is 4.96. The highest BCUT2D eigenvalue weighted by atomic mass is 35.5. The van der Waals surface area contributed by atoms with Gasteiger partial charge in [-0.15, -0.1) is 0 Å². The Kier molecular flexibility index (Phi) is 4.38. The van der Waals surface area contributed by atoms with Crippen molar-refractivity contribution < 1.29 is 0 Å². The molecular weight excluding hydrogens is 409 g/mol. The van der Waals surface area contributed by atoms with Crippen molar-refractivity contribution in [3.63, 3.8) is 0 Å². The van der Waals surface area contributed by atoms with E-state index in [1.54, 1.807) is 6.20 Å². The Morgan fingerprint density at radius 1 is 0.828 bits per heavy atom. The highest BCUT2D eigenvalue weighted by Gasteiger charge is 2.08. The normalized spacial score (nSPS) is 11.1. The van der Waals surface area contributed by atoms with Crippen LogP contribution < -0.4 is 5.32 Å². The number of fused-ring (bicyclic) bond motifs is 1. The Morgan fingerprint density at radius 2 is 1.59 bits per heavy atom. The van der Waals surface area contributed by atoms with E-state index in [0.29, 0.717) is 5.95 Å². The van der Waals surface area contributed by atoms with Crippen molar-refractivity contribution in [1.82, 2.24) is 29.9 Å². The van der Waals surface area contributed by atoms with Gasteiger partial charge in [-0.3, -0.25) is 0 Å². The lowest BCUT2D eigenvalue weighted by atomic mass is 10.1. The molecule has 0 radical (unpaired) electrons. The van der Waals surface area contributed by atoms with Crippen LogP contribution in [-0.2, 0) is 0 Å². The third kappa shape index (κ3) is 3.65. The van der Waals surface area contributed by atoms with Gasteiger partial charge in [0.2, 0.25) is 16.5 Å². The third-order valence-electron chi connectivity index (χ3n) is 4.43. The molecule has 142 valence electrons. The van der Waals surface area contributed by atoms with E-state index >= 15 is 0 Å². The molecule has 0 saturated heterocycles. The van der Waals surface area contributed by atoms with Crippen molar-refractivity contribution in [2.45, 2.75) is 0 Å². The van der Waals surface area contributed by atoms with Gasteiger partial charge in [0.15, 0.2) is 0 Å². The first kappa shape index (κ1) is 17.7. The standard InChI is InChI=1S/C20H13Cl2N7/c21-18-27-19(22)29-20(28-18)25-14-5-3-11(4-6-14)15-9-12-1-2-13(10-16(12)26-15)17-23-7-8-24-17/h1-10,26H,(H,23,24)(H,25,27,28,29). The third-order valence-corrected chi connectivity index (χ3v) is 4.77. The molecule has 29 heavy (non-hydrogen) atoms. The molecule has 3 aromatic heterocycles. The molecule has 5 rings (SSSR count). The van der Waals surface area contributed by atoms with E-state index in [-0.39, 0.29) is 10.6 Å². The molecule has 0 aliphatic carbocycles. The number of halogens is 2. The number of aromatic amines is 2. The average Bonchev–Trinajstić information content (AvgIpc) is 3.37. The lowest BCUT2D eigenvalue weighted by Crippen LogP contribution is -1.99. The van der Waals surface area contributed by atoms with Gasteiger partial charge < -0.3 is 15.3 Å². The van der Waals surface area contributed by atoms with Gasteiger partial charge in [-0.1, -0.05) is 24.3 Å². The van der Waals surface area contributed by atoms with Gasteiger partial charge in [0.25, 0.3) is 0 Å². The maximum absolute atomic E-state index is 5.81. The van der Waals surface area contributed by atoms with E-state index in [2.05, 4.69) is 59.5 Å². The van der Waals surface area contributed by atoms with Gasteiger partial charge in [-0.05, 0) is 53.0 Å². The molecule has 0 fully saturated rings. The second-order valence-electron chi connectivity index (χ2n) is 6.32. The first-order chi connectivity index (χ1) is 14.1. The number of hydrogen-bond acceptors (Lipinski definition) is 5. The van der Waals surface area contributed by atoms with Crippen LogP contribution in [0, 0.1) is 0 Å². The highest BCUT2D eigenvalue weighted by molar-refractivity contribution is 6.31. The molecule has 0 atom stereocenters. The van der Waals surface area contributed by atoms with E-state index in [4.69, 9.17) is 23.2 Å². The number of anilines is 2. The van der Waals surface area contributed by atoms with Gasteiger partial charge >= 0.3 is 0 Å². The number of benzene rings is 2. The summed E-state index contributed by atoms with van der Waals surface area (Å²) in [6, 6.07) is 16.2. The maximum atomic E-state index is 5.81. The molecule has 0 spiro atoms. The predicted octanol–water partition coefficient (Wildman–Crippen LogP) is 5.46. The number of aromatic nitrogens is 6. The van der Waals surface area contributed by atoms with Crippen LogP contribution in [0.1, 0.15) is 0 Å². The average molecular weight is 422 g/mol. The molecule has 7 nitrogen and oxygen atoms in total. The van der Waals surface area contributed by atoms with Crippen molar-refractivity contribution in [2.24, 2.45) is 0 Å². The van der Waals surface area contributed by atoms with Gasteiger partial charge in [0, 0.05) is 40.2 Å². The van der Waals surface area contributed by atoms with Gasteiger partial charge in [0.05, 0.1) is 0 Å². The Hall–Kier alpha value is -3.42. The van der Waals surface area contributed by atoms with Crippen molar-refractivity contribution in [1.29, 1.82) is 0 Å². The van der Waals surface area contributed by atoms with Crippen LogP contribution in [0.2, 0.25) is 10.6 Å². The van der Waals surface area contributed by atoms with Crippen molar-refractivity contribution >= 4 is 45.7 Å². The van der Waals surface area contributed by atoms with Crippen LogP contribution >= 0.6 is 23.2 Å². The summed E-state index contributed by atoms with van der Waals surface area (Å²) in [6.45, 7) is 0. The number of H-pyrrole nitrogens is 2. The lowest BCUT2D eigenvalue weighted by Gasteiger charge is -2.06. The molecule has 0 saturated carbocycles. The number of imidazole rings is 1. The zero-order chi connectivity index (χ0) is 19.8. The molecule has 0 aliphatic heterocycles. The summed E-state index contributed by atoms with van der Waals surface area (Å²) in [6.07, 6.45) is 3.56. The fraction of sp³-hybridized carbons (Fsp3) is 0. The molecule has 3 heterocycles. The summed E-state index contributed by atoms with van der Waals surface area (Å²) >= 11 is 11.6. The molecule has 0 aliphatic rings. The number of rotatable bonds is 4. The molecule has 0 amide bonds. The second-order valence-corrected chi connectivity index (χ2v) is 7.00. The monoisotopic (exact) mass is 421 g/mol. The zero-order valence-electron chi connectivity index (χ0n) is 14.8. The summed E-state index contributed by atoms with van der Waals surface area (Å²) in [5.74, 6) is 1.14. The maximum Gasteiger partial charge on any atom is 0.232 e. The summed E-state index contributed by atoms with van der Waals surface area (Å²) in [4.78, 5) is 22.6. The number of nitrogens with zero attached hydrogens (tertiary/aromatic N) is 4. The Morgan fingerprint density at radius 3 is 2.31 bits per heavy atom. The van der Waals surface area contributed by atoms with Crippen molar-refractivity contribution in [2.75, 3.05) is 5.32 Å². The number of nitrogens with one attached hydrogen (secondary N) is 3. The van der Waals surface area contributed by atoms with Gasteiger partial charge in [0.1, 0.15) is 5.82 Å². The minimum absolute atomic E-state index is 0.0381. The summed E-state index contributed by atoms with van der Waals surface area (Å²) < 4.78 is 0. The largest absolute Gasteiger partial charge is 0.355 e. The Balaban J connectivity index is 1.41. The minimum atomic E-state index is 0.0381. The fourth-order valence-corrected chi connectivity index (χ4v) is 3.46. The van der Waals surface area contributed by atoms with Crippen LogP contribution in [0.5, 0.6) is 0 Å². The van der Waals surface area contributed by atoms with E-state index in [1.807, 2.05) is 30.5 Å². The van der Waals surface area contributed by atoms with Crippen LogP contribution in [0.4, 0.5) is 11.6 Å². The highest BCUT2D eigenvalue weighted by Crippen LogP contribution is 2.28. The van der Waals surface area contributed by atoms with E-state index in [1.165, 1.54) is 0 Å². The Bertz CT molecular complexity index is 1270. The van der Waals surface area contributed by atoms with E-state index in [0.717, 1.165) is 39.2 Å². The number of hydrogen-bond donors (Lipinski definition) is 3. The SMILES string of the molecule is Clc1nc(Cl)nc(Nc2ccc(-c3cc4ccc(-c5ncc[nH]5)cc4[nH]3)cc2)n1. The minimum Gasteiger partial charge on any atom is -0.355 e. The molecule has 9 heteroatoms. The second kappa shape index (κ2) is 7.20. The smallest absolute Gasteiger partial charge is 0.232 e. The van der Waals surface area contributed by atoms with E-state index in [9.17, 15) is 0 Å². The van der Waals surface area contributed by atoms with Crippen molar-refractivity contribution in [3.8, 4) is 22.6 Å². The quantitative estimate of drug-likeness (QED) is 0.358. The summed E-state index contributed by atoms with van der Waals surface area (Å²) in [7, 11) is 0. The van der Waals surface area contributed by atoms with Crippen LogP contribution in [0.3, 0.4) is 0 Å². The topological polar surface area (TPSA) is 95.2 Å². The predicted molar refractivity (Wildman–Crippen MR) is 114 cm³/mol. The molecule has 0 unspecified atom stereocenters. The summed E-state index contributed by atoms with van der Waals surface area (Å²) in [5, 5.41) is 4.27. The van der Waals surface area contributed by atoms with Gasteiger partial charge in [-0.2, -0.15) is 15.0 Å². The molecule has 2 aromatic carbocycles. The fourth-order valence-electron chi connectivity index (χ4n) is 3.10. The molecular formula is C20H13Cl2N7. The molecule has 3 N–H and O–H groups in total. The van der Waals surface area contributed by atoms with Crippen LogP contribution in [-0.4, -0.2) is 29.9 Å². The first-order valence-corrected chi connectivity index (χ1v) is 9.47. The van der Waals surface area contributed by atoms with Crippen molar-refractivity contribution in [3.05, 3.63) is 71.5 Å². The van der Waals surface area contributed by atoms with Crippen LogP contribution in [0.25, 0.3) is 33.5 Å². The Labute approximate surface area is 175 Å². The van der Waals surface area contributed by atoms with E-state index < -0.39 is 0 Å². The first-order valence-electron chi connectivity index (χ1n) is 8.71. The zero-order valence-corrected chi connectivity index (χ0v) is 16.3. The molecule has 0 bridgehead atoms.